The van der Waals surface area contributed by atoms with E-state index in [-0.39, 0.29) is 16.7 Å². The Hall–Kier alpha value is -2.88. The number of anilines is 1. The molecule has 3 rings (SSSR count). The van der Waals surface area contributed by atoms with E-state index in [1.165, 1.54) is 23.5 Å². The SMILES string of the molecule is O=C(NC(=S)Nc1nc(-c2cccc([N+](=O)[O-])c2)cs1)c1ccc(Cl)cc1. The molecular weight excluding hydrogens is 408 g/mol. The predicted octanol–water partition coefficient (Wildman–Crippen LogP) is 4.50. The van der Waals surface area contributed by atoms with Gasteiger partial charge >= 0.3 is 0 Å². The van der Waals surface area contributed by atoms with Crippen LogP contribution in [0, 0.1) is 10.1 Å². The maximum absolute atomic E-state index is 12.1. The van der Waals surface area contributed by atoms with Crippen LogP contribution in [0.1, 0.15) is 10.4 Å². The number of nitro groups is 1. The Bertz CT molecular complexity index is 1020. The first-order valence-corrected chi connectivity index (χ1v) is 9.17. The third-order valence-corrected chi connectivity index (χ3v) is 4.62. The summed E-state index contributed by atoms with van der Waals surface area (Å²) in [4.78, 5) is 26.9. The monoisotopic (exact) mass is 418 g/mol. The zero-order valence-corrected chi connectivity index (χ0v) is 15.9. The third-order valence-electron chi connectivity index (χ3n) is 3.41. The van der Waals surface area contributed by atoms with Crippen LogP contribution in [0.4, 0.5) is 10.8 Å². The van der Waals surface area contributed by atoms with Gasteiger partial charge in [0.15, 0.2) is 10.2 Å². The zero-order valence-electron chi connectivity index (χ0n) is 13.5. The molecule has 0 atom stereocenters. The molecule has 2 aromatic carbocycles. The summed E-state index contributed by atoms with van der Waals surface area (Å²) in [5.74, 6) is -0.375. The first-order valence-electron chi connectivity index (χ1n) is 7.50. The number of amides is 1. The largest absolute Gasteiger partial charge is 0.308 e. The normalized spacial score (nSPS) is 10.3. The zero-order chi connectivity index (χ0) is 19.4. The van der Waals surface area contributed by atoms with Gasteiger partial charge in [-0.3, -0.25) is 20.2 Å². The van der Waals surface area contributed by atoms with Gasteiger partial charge in [0.05, 0.1) is 10.6 Å². The van der Waals surface area contributed by atoms with Crippen LogP contribution in [0.5, 0.6) is 0 Å². The van der Waals surface area contributed by atoms with Gasteiger partial charge in [-0.1, -0.05) is 23.7 Å². The number of thiazole rings is 1. The lowest BCUT2D eigenvalue weighted by Crippen LogP contribution is -2.34. The highest BCUT2D eigenvalue weighted by molar-refractivity contribution is 7.80. The van der Waals surface area contributed by atoms with E-state index in [2.05, 4.69) is 15.6 Å². The van der Waals surface area contributed by atoms with Crippen molar-refractivity contribution in [3.05, 3.63) is 74.6 Å². The molecule has 0 radical (unpaired) electrons. The minimum atomic E-state index is -0.462. The Morgan fingerprint density at radius 1 is 1.22 bits per heavy atom. The highest BCUT2D eigenvalue weighted by Crippen LogP contribution is 2.27. The van der Waals surface area contributed by atoms with Gasteiger partial charge < -0.3 is 5.32 Å². The Kier molecular flexibility index (Phi) is 5.75. The molecule has 0 aliphatic rings. The second-order valence-corrected chi connectivity index (χ2v) is 6.96. The van der Waals surface area contributed by atoms with Gasteiger partial charge in [-0.2, -0.15) is 0 Å². The Balaban J connectivity index is 1.66. The van der Waals surface area contributed by atoms with Crippen LogP contribution in [0.3, 0.4) is 0 Å². The van der Waals surface area contributed by atoms with E-state index in [1.54, 1.807) is 41.8 Å². The smallest absolute Gasteiger partial charge is 0.270 e. The summed E-state index contributed by atoms with van der Waals surface area (Å²) in [5.41, 5.74) is 1.59. The van der Waals surface area contributed by atoms with Crippen molar-refractivity contribution in [2.24, 2.45) is 0 Å². The van der Waals surface area contributed by atoms with E-state index >= 15 is 0 Å². The fourth-order valence-corrected chi connectivity index (χ4v) is 3.25. The quantitative estimate of drug-likeness (QED) is 0.368. The topological polar surface area (TPSA) is 97.2 Å². The molecule has 1 heterocycles. The number of nitrogens with one attached hydrogen (secondary N) is 2. The number of hydrogen-bond acceptors (Lipinski definition) is 6. The molecule has 1 amide bonds. The molecule has 136 valence electrons. The van der Waals surface area contributed by atoms with Crippen LogP contribution in [-0.2, 0) is 0 Å². The van der Waals surface area contributed by atoms with E-state index < -0.39 is 4.92 Å². The molecule has 0 bridgehead atoms. The number of hydrogen-bond donors (Lipinski definition) is 2. The molecule has 0 saturated carbocycles. The first kappa shape index (κ1) is 18.9. The van der Waals surface area contributed by atoms with Gasteiger partial charge in [-0.05, 0) is 36.5 Å². The molecule has 0 fully saturated rings. The highest BCUT2D eigenvalue weighted by Gasteiger charge is 2.12. The van der Waals surface area contributed by atoms with Crippen LogP contribution >= 0.6 is 35.2 Å². The lowest BCUT2D eigenvalue weighted by Gasteiger charge is -2.07. The number of nitrogens with zero attached hydrogens (tertiary/aromatic N) is 2. The van der Waals surface area contributed by atoms with Crippen molar-refractivity contribution < 1.29 is 9.72 Å². The van der Waals surface area contributed by atoms with E-state index in [9.17, 15) is 14.9 Å². The molecule has 0 saturated heterocycles. The predicted molar refractivity (Wildman–Crippen MR) is 109 cm³/mol. The minimum absolute atomic E-state index is 0.0132. The number of carbonyl (C=O) groups is 1. The molecule has 1 aromatic heterocycles. The number of aromatic nitrogens is 1. The van der Waals surface area contributed by atoms with Crippen molar-refractivity contribution >= 4 is 57.0 Å². The maximum Gasteiger partial charge on any atom is 0.270 e. The molecule has 0 aliphatic carbocycles. The molecule has 0 aliphatic heterocycles. The van der Waals surface area contributed by atoms with Crippen molar-refractivity contribution in [3.8, 4) is 11.3 Å². The van der Waals surface area contributed by atoms with E-state index in [0.717, 1.165) is 0 Å². The van der Waals surface area contributed by atoms with E-state index in [4.69, 9.17) is 23.8 Å². The van der Waals surface area contributed by atoms with Crippen LogP contribution in [0.25, 0.3) is 11.3 Å². The summed E-state index contributed by atoms with van der Waals surface area (Å²) in [6.07, 6.45) is 0. The molecule has 27 heavy (non-hydrogen) atoms. The van der Waals surface area contributed by atoms with E-state index in [0.29, 0.717) is 27.0 Å². The molecule has 3 aromatic rings. The summed E-state index contributed by atoms with van der Waals surface area (Å²) in [6.45, 7) is 0. The van der Waals surface area contributed by atoms with Crippen molar-refractivity contribution in [2.75, 3.05) is 5.32 Å². The second kappa shape index (κ2) is 8.21. The van der Waals surface area contributed by atoms with Gasteiger partial charge in [-0.15, -0.1) is 11.3 Å². The Morgan fingerprint density at radius 2 is 1.96 bits per heavy atom. The Morgan fingerprint density at radius 3 is 2.67 bits per heavy atom. The van der Waals surface area contributed by atoms with Gasteiger partial charge in [-0.25, -0.2) is 4.98 Å². The number of non-ortho nitro benzene ring substituents is 1. The lowest BCUT2D eigenvalue weighted by atomic mass is 10.1. The first-order chi connectivity index (χ1) is 12.9. The standard InChI is InChI=1S/C17H11ClN4O3S2/c18-12-6-4-10(5-7-12)15(23)20-16(26)21-17-19-14(9-27-17)11-2-1-3-13(8-11)22(24)25/h1-9H,(H2,19,20,21,23,26). The minimum Gasteiger partial charge on any atom is -0.308 e. The van der Waals surface area contributed by atoms with Crippen molar-refractivity contribution in [3.63, 3.8) is 0 Å². The number of halogens is 1. The number of nitro benzene ring substituents is 1. The van der Waals surface area contributed by atoms with Crippen LogP contribution < -0.4 is 10.6 Å². The average molecular weight is 419 g/mol. The summed E-state index contributed by atoms with van der Waals surface area (Å²) in [5, 5.41) is 19.1. The average Bonchev–Trinajstić information content (AvgIpc) is 3.10. The maximum atomic E-state index is 12.1. The van der Waals surface area contributed by atoms with Gasteiger partial charge in [0.2, 0.25) is 0 Å². The van der Waals surface area contributed by atoms with Crippen molar-refractivity contribution in [1.82, 2.24) is 10.3 Å². The highest BCUT2D eigenvalue weighted by atomic mass is 35.5. The number of benzene rings is 2. The molecular formula is C17H11ClN4O3S2. The number of rotatable bonds is 4. The van der Waals surface area contributed by atoms with Gasteiger partial charge in [0.1, 0.15) is 0 Å². The summed E-state index contributed by atoms with van der Waals surface area (Å²) in [7, 11) is 0. The molecule has 0 spiro atoms. The lowest BCUT2D eigenvalue weighted by molar-refractivity contribution is -0.384. The fraction of sp³-hybridized carbons (Fsp3) is 0. The number of thiocarbonyl (C=S) groups is 1. The number of carbonyl (C=O) groups excluding carboxylic acids is 1. The third kappa shape index (κ3) is 4.85. The van der Waals surface area contributed by atoms with Gasteiger partial charge in [0.25, 0.3) is 11.6 Å². The second-order valence-electron chi connectivity index (χ2n) is 5.26. The fourth-order valence-electron chi connectivity index (χ4n) is 2.15. The van der Waals surface area contributed by atoms with Crippen molar-refractivity contribution in [2.45, 2.75) is 0 Å². The Labute approximate surface area is 168 Å². The molecule has 0 unspecified atom stereocenters. The molecule has 10 heteroatoms. The van der Waals surface area contributed by atoms with Crippen LogP contribution in [0.2, 0.25) is 5.02 Å². The summed E-state index contributed by atoms with van der Waals surface area (Å²) >= 11 is 12.2. The summed E-state index contributed by atoms with van der Waals surface area (Å²) < 4.78 is 0. The molecule has 2 N–H and O–H groups in total. The van der Waals surface area contributed by atoms with Crippen molar-refractivity contribution in [1.29, 1.82) is 0 Å². The van der Waals surface area contributed by atoms with Crippen LogP contribution in [-0.4, -0.2) is 20.9 Å². The van der Waals surface area contributed by atoms with Gasteiger partial charge in [0, 0.05) is 33.7 Å². The van der Waals surface area contributed by atoms with Crippen LogP contribution in [0.15, 0.2) is 53.9 Å². The molecule has 7 nitrogen and oxygen atoms in total. The summed E-state index contributed by atoms with van der Waals surface area (Å²) in [6, 6.07) is 12.6. The van der Waals surface area contributed by atoms with E-state index in [1.807, 2.05) is 0 Å².